The second kappa shape index (κ2) is 6.88. The Hall–Kier alpha value is -1.59. The molecule has 0 aromatic rings. The smallest absolute Gasteiger partial charge is 0.239 e. The Bertz CT molecular complexity index is 298. The molecule has 0 aromatic carbocycles. The average Bonchev–Trinajstić information content (AvgIpc) is 2.86. The number of hydrogen-bond acceptors (Lipinski definition) is 3. The lowest BCUT2D eigenvalue weighted by molar-refractivity contribution is -0.129. The van der Waals surface area contributed by atoms with Crippen molar-refractivity contribution in [3.63, 3.8) is 0 Å². The van der Waals surface area contributed by atoms with E-state index in [1.807, 2.05) is 0 Å². The van der Waals surface area contributed by atoms with Gasteiger partial charge in [0.1, 0.15) is 0 Å². The van der Waals surface area contributed by atoms with Gasteiger partial charge in [-0.1, -0.05) is 12.8 Å². The van der Waals surface area contributed by atoms with Crippen LogP contribution in [0, 0.1) is 5.92 Å². The minimum Gasteiger partial charge on any atom is -0.358 e. The maximum atomic E-state index is 11.6. The van der Waals surface area contributed by atoms with E-state index < -0.39 is 0 Å². The molecule has 1 rings (SSSR count). The number of hydrogen-bond donors (Lipinski definition) is 3. The summed E-state index contributed by atoms with van der Waals surface area (Å²) in [6.07, 6.45) is 3.99. The summed E-state index contributed by atoms with van der Waals surface area (Å²) < 4.78 is 0. The van der Waals surface area contributed by atoms with Crippen LogP contribution in [0.25, 0.3) is 0 Å². The van der Waals surface area contributed by atoms with E-state index in [0.29, 0.717) is 0 Å². The highest BCUT2D eigenvalue weighted by molar-refractivity contribution is 5.88. The number of amides is 3. The molecule has 17 heavy (non-hydrogen) atoms. The fourth-order valence-corrected chi connectivity index (χ4v) is 1.83. The number of nitrogens with one attached hydrogen (secondary N) is 3. The third-order valence-corrected chi connectivity index (χ3v) is 2.87. The first-order chi connectivity index (χ1) is 8.13. The Morgan fingerprint density at radius 2 is 1.59 bits per heavy atom. The van der Waals surface area contributed by atoms with Gasteiger partial charge in [0.2, 0.25) is 17.7 Å². The molecular weight excluding hydrogens is 222 g/mol. The van der Waals surface area contributed by atoms with Gasteiger partial charge in [-0.3, -0.25) is 14.4 Å². The Balaban J connectivity index is 2.14. The molecule has 0 unspecified atom stereocenters. The van der Waals surface area contributed by atoms with Gasteiger partial charge in [-0.25, -0.2) is 0 Å². The van der Waals surface area contributed by atoms with Crippen LogP contribution in [0.5, 0.6) is 0 Å². The lowest BCUT2D eigenvalue weighted by Gasteiger charge is -2.10. The topological polar surface area (TPSA) is 87.3 Å². The van der Waals surface area contributed by atoms with Gasteiger partial charge in [0, 0.05) is 13.0 Å². The zero-order valence-electron chi connectivity index (χ0n) is 10.0. The van der Waals surface area contributed by atoms with E-state index in [1.165, 1.54) is 7.05 Å². The predicted octanol–water partition coefficient (Wildman–Crippen LogP) is -0.845. The summed E-state index contributed by atoms with van der Waals surface area (Å²) in [5.74, 6) is -0.611. The number of carbonyl (C=O) groups excluding carboxylic acids is 3. The Labute approximate surface area is 101 Å². The molecule has 6 heteroatoms. The fourth-order valence-electron chi connectivity index (χ4n) is 1.83. The summed E-state index contributed by atoms with van der Waals surface area (Å²) >= 11 is 0. The van der Waals surface area contributed by atoms with Crippen molar-refractivity contribution in [2.24, 2.45) is 5.92 Å². The van der Waals surface area contributed by atoms with Crippen molar-refractivity contribution in [2.45, 2.75) is 25.7 Å². The summed E-state index contributed by atoms with van der Waals surface area (Å²) in [4.78, 5) is 33.7. The molecule has 1 aliphatic rings. The highest BCUT2D eigenvalue weighted by Gasteiger charge is 2.22. The zero-order chi connectivity index (χ0) is 12.7. The summed E-state index contributed by atoms with van der Waals surface area (Å²) in [6.45, 7) is -0.124. The minimum absolute atomic E-state index is 0.0572. The van der Waals surface area contributed by atoms with E-state index in [0.717, 1.165) is 25.7 Å². The maximum absolute atomic E-state index is 11.6. The quantitative estimate of drug-likeness (QED) is 0.586. The molecule has 3 N–H and O–H groups in total. The largest absolute Gasteiger partial charge is 0.358 e. The van der Waals surface area contributed by atoms with Crippen molar-refractivity contribution in [3.05, 3.63) is 0 Å². The molecule has 0 aliphatic heterocycles. The van der Waals surface area contributed by atoms with Crippen molar-refractivity contribution in [2.75, 3.05) is 20.1 Å². The van der Waals surface area contributed by atoms with E-state index in [-0.39, 0.29) is 36.7 Å². The summed E-state index contributed by atoms with van der Waals surface area (Å²) in [6, 6.07) is 0. The molecule has 1 fully saturated rings. The van der Waals surface area contributed by atoms with Gasteiger partial charge in [-0.15, -0.1) is 0 Å². The van der Waals surface area contributed by atoms with Crippen LogP contribution in [0.3, 0.4) is 0 Å². The third kappa shape index (κ3) is 4.84. The van der Waals surface area contributed by atoms with Crippen molar-refractivity contribution in [3.8, 4) is 0 Å². The van der Waals surface area contributed by atoms with Crippen LogP contribution in [0.1, 0.15) is 25.7 Å². The highest BCUT2D eigenvalue weighted by Crippen LogP contribution is 2.24. The van der Waals surface area contributed by atoms with Crippen molar-refractivity contribution < 1.29 is 14.4 Å². The van der Waals surface area contributed by atoms with Gasteiger partial charge in [0.05, 0.1) is 13.1 Å². The normalized spacial score (nSPS) is 15.4. The zero-order valence-corrected chi connectivity index (χ0v) is 10.0. The van der Waals surface area contributed by atoms with E-state index >= 15 is 0 Å². The molecule has 0 heterocycles. The van der Waals surface area contributed by atoms with Crippen LogP contribution in [-0.4, -0.2) is 37.9 Å². The molecule has 0 saturated heterocycles. The van der Waals surface area contributed by atoms with Crippen molar-refractivity contribution in [1.29, 1.82) is 0 Å². The second-order valence-corrected chi connectivity index (χ2v) is 4.15. The molecule has 0 aromatic heterocycles. The van der Waals surface area contributed by atoms with Gasteiger partial charge < -0.3 is 16.0 Å². The summed E-state index contributed by atoms with van der Waals surface area (Å²) in [7, 11) is 1.50. The fraction of sp³-hybridized carbons (Fsp3) is 0.727. The first-order valence-corrected chi connectivity index (χ1v) is 5.88. The van der Waals surface area contributed by atoms with Gasteiger partial charge in [0.25, 0.3) is 0 Å². The first-order valence-electron chi connectivity index (χ1n) is 5.88. The first kappa shape index (κ1) is 13.5. The van der Waals surface area contributed by atoms with Crippen molar-refractivity contribution in [1.82, 2.24) is 16.0 Å². The molecule has 0 spiro atoms. The highest BCUT2D eigenvalue weighted by atomic mass is 16.2. The molecule has 0 bridgehead atoms. The van der Waals surface area contributed by atoms with Crippen LogP contribution in [0.4, 0.5) is 0 Å². The van der Waals surface area contributed by atoms with Crippen LogP contribution in [0.2, 0.25) is 0 Å². The van der Waals surface area contributed by atoms with Crippen LogP contribution in [0.15, 0.2) is 0 Å². The van der Waals surface area contributed by atoms with Gasteiger partial charge in [-0.2, -0.15) is 0 Å². The number of carbonyl (C=O) groups is 3. The van der Waals surface area contributed by atoms with Gasteiger partial charge >= 0.3 is 0 Å². The molecule has 0 radical (unpaired) electrons. The molecule has 0 atom stereocenters. The van der Waals surface area contributed by atoms with Crippen LogP contribution in [-0.2, 0) is 14.4 Å². The Morgan fingerprint density at radius 1 is 1.00 bits per heavy atom. The summed E-state index contributed by atoms with van der Waals surface area (Å²) in [5.41, 5.74) is 0. The molecular formula is C11H19N3O3. The lowest BCUT2D eigenvalue weighted by atomic mass is 10.1. The van der Waals surface area contributed by atoms with Crippen LogP contribution >= 0.6 is 0 Å². The maximum Gasteiger partial charge on any atom is 0.239 e. The number of likely N-dealkylation sites (N-methyl/N-ethyl adjacent to an activating group) is 1. The average molecular weight is 241 g/mol. The molecule has 1 saturated carbocycles. The predicted molar refractivity (Wildman–Crippen MR) is 62.0 cm³/mol. The minimum atomic E-state index is -0.347. The van der Waals surface area contributed by atoms with E-state index in [9.17, 15) is 14.4 Å². The summed E-state index contributed by atoms with van der Waals surface area (Å²) in [5, 5.41) is 7.39. The van der Waals surface area contributed by atoms with Gasteiger partial charge in [-0.05, 0) is 12.8 Å². The molecule has 6 nitrogen and oxygen atoms in total. The Kier molecular flexibility index (Phi) is 5.45. The molecule has 1 aliphatic carbocycles. The molecule has 3 amide bonds. The standard InChI is InChI=1S/C11H19N3O3/c1-12-9(15)6-13-10(16)7-14-11(17)8-4-2-3-5-8/h8H,2-7H2,1H3,(H,12,15)(H,13,16)(H,14,17). The Morgan fingerprint density at radius 3 is 2.18 bits per heavy atom. The number of rotatable bonds is 5. The lowest BCUT2D eigenvalue weighted by Crippen LogP contribution is -2.42. The second-order valence-electron chi connectivity index (χ2n) is 4.15. The van der Waals surface area contributed by atoms with E-state index in [1.54, 1.807) is 0 Å². The van der Waals surface area contributed by atoms with Gasteiger partial charge in [0.15, 0.2) is 0 Å². The molecule has 96 valence electrons. The van der Waals surface area contributed by atoms with Crippen LogP contribution < -0.4 is 16.0 Å². The van der Waals surface area contributed by atoms with E-state index in [2.05, 4.69) is 16.0 Å². The third-order valence-electron chi connectivity index (χ3n) is 2.87. The van der Waals surface area contributed by atoms with E-state index in [4.69, 9.17) is 0 Å². The monoisotopic (exact) mass is 241 g/mol. The SMILES string of the molecule is CNC(=O)CNC(=O)CNC(=O)C1CCCC1. The van der Waals surface area contributed by atoms with Crippen molar-refractivity contribution >= 4 is 17.7 Å².